The summed E-state index contributed by atoms with van der Waals surface area (Å²) in [5.41, 5.74) is 10.2. The molecular formula is C34H40FN7O4. The van der Waals surface area contributed by atoms with Crippen LogP contribution in [0.1, 0.15) is 67.6 Å². The molecule has 2 fully saturated rings. The van der Waals surface area contributed by atoms with Crippen LogP contribution in [0, 0.1) is 5.82 Å². The molecule has 242 valence electrons. The van der Waals surface area contributed by atoms with Gasteiger partial charge in [-0.25, -0.2) is 9.18 Å². The molecule has 2 aliphatic heterocycles. The van der Waals surface area contributed by atoms with E-state index in [0.29, 0.717) is 11.6 Å². The third-order valence-electron chi connectivity index (χ3n) is 8.66. The Morgan fingerprint density at radius 2 is 1.80 bits per heavy atom. The number of fused-ring (bicyclic) bond motifs is 1. The Kier molecular flexibility index (Phi) is 8.56. The number of rotatable bonds is 7. The van der Waals surface area contributed by atoms with Gasteiger partial charge in [0, 0.05) is 43.4 Å². The molecule has 1 atom stereocenters. The van der Waals surface area contributed by atoms with Gasteiger partial charge in [0.25, 0.3) is 5.91 Å². The van der Waals surface area contributed by atoms with Gasteiger partial charge in [0.05, 0.1) is 35.4 Å². The normalized spacial score (nSPS) is 17.5. The number of likely N-dealkylation sites (tertiary alicyclic amines) is 2. The molecule has 2 aromatic heterocycles. The van der Waals surface area contributed by atoms with Gasteiger partial charge in [0.15, 0.2) is 5.82 Å². The molecule has 12 heteroatoms. The van der Waals surface area contributed by atoms with Gasteiger partial charge in [-0.2, -0.15) is 5.10 Å². The van der Waals surface area contributed by atoms with Crippen molar-refractivity contribution in [3.8, 4) is 17.0 Å². The van der Waals surface area contributed by atoms with E-state index in [2.05, 4.69) is 20.4 Å². The van der Waals surface area contributed by atoms with E-state index in [9.17, 15) is 14.0 Å². The molecule has 0 spiro atoms. The number of aromatic nitrogens is 3. The Balaban J connectivity index is 1.14. The number of halogens is 1. The Hall–Kier alpha value is -4.71. The SMILES string of the molecule is COc1ccc(F)cc1C(=O)NCc1ccc(-c2nc(C3CCN(C4CCN4C(=O)OC(C)(C)C)CC3)cc3[nH]nc(N)c23)cc1. The molecule has 2 aliphatic rings. The minimum Gasteiger partial charge on any atom is -0.496 e. The maximum absolute atomic E-state index is 13.8. The number of pyridine rings is 1. The van der Waals surface area contributed by atoms with Crippen LogP contribution in [-0.2, 0) is 11.3 Å². The van der Waals surface area contributed by atoms with Crippen LogP contribution in [0.4, 0.5) is 15.0 Å². The number of piperidine rings is 1. The number of aromatic amines is 1. The van der Waals surface area contributed by atoms with Crippen molar-refractivity contribution in [2.45, 2.75) is 64.3 Å². The number of carbonyl (C=O) groups is 2. The zero-order valence-electron chi connectivity index (χ0n) is 26.6. The van der Waals surface area contributed by atoms with Crippen LogP contribution in [0.15, 0.2) is 48.5 Å². The van der Waals surface area contributed by atoms with Gasteiger partial charge in [-0.3, -0.25) is 24.7 Å². The van der Waals surface area contributed by atoms with Gasteiger partial charge >= 0.3 is 6.09 Å². The fourth-order valence-electron chi connectivity index (χ4n) is 6.20. The molecule has 6 rings (SSSR count). The smallest absolute Gasteiger partial charge is 0.411 e. The van der Waals surface area contributed by atoms with Gasteiger partial charge in [-0.15, -0.1) is 0 Å². The quantitative estimate of drug-likeness (QED) is 0.246. The van der Waals surface area contributed by atoms with E-state index in [1.54, 1.807) is 0 Å². The molecule has 0 aliphatic carbocycles. The first-order valence-corrected chi connectivity index (χ1v) is 15.6. The summed E-state index contributed by atoms with van der Waals surface area (Å²) in [6.45, 7) is 8.35. The summed E-state index contributed by atoms with van der Waals surface area (Å²) in [4.78, 5) is 34.7. The molecule has 0 radical (unpaired) electrons. The number of hydrogen-bond acceptors (Lipinski definition) is 8. The molecule has 46 heavy (non-hydrogen) atoms. The Morgan fingerprint density at radius 1 is 1.07 bits per heavy atom. The van der Waals surface area contributed by atoms with Gasteiger partial charge in [0.2, 0.25) is 0 Å². The number of nitrogens with zero attached hydrogens (tertiary/aromatic N) is 4. The minimum absolute atomic E-state index is 0.0772. The standard InChI is InChI=1S/C34H40FN7O4/c1-34(2,3)46-33(44)42-16-13-28(42)41-14-11-21(12-15-41)25-18-26-29(31(36)40-39-26)30(38-25)22-7-5-20(6-8-22)19-37-32(43)24-17-23(35)9-10-27(24)45-4/h5-10,17-18,21,28H,11-16,19H2,1-4H3,(H,37,43)(H3,36,39,40). The summed E-state index contributed by atoms with van der Waals surface area (Å²) in [5, 5.41) is 10.9. The highest BCUT2D eigenvalue weighted by Crippen LogP contribution is 2.37. The maximum atomic E-state index is 13.8. The lowest BCUT2D eigenvalue weighted by Crippen LogP contribution is -2.61. The van der Waals surface area contributed by atoms with Crippen LogP contribution in [0.25, 0.3) is 22.2 Å². The fraction of sp³-hybridized carbons (Fsp3) is 0.412. The van der Waals surface area contributed by atoms with E-state index in [1.807, 2.05) is 56.0 Å². The third-order valence-corrected chi connectivity index (χ3v) is 8.66. The molecular weight excluding hydrogens is 589 g/mol. The van der Waals surface area contributed by atoms with Crippen LogP contribution < -0.4 is 15.8 Å². The molecule has 4 N–H and O–H groups in total. The van der Waals surface area contributed by atoms with Crippen LogP contribution >= 0.6 is 0 Å². The fourth-order valence-corrected chi connectivity index (χ4v) is 6.20. The number of hydrogen-bond donors (Lipinski definition) is 3. The molecule has 2 aromatic carbocycles. The number of H-pyrrole nitrogens is 1. The van der Waals surface area contributed by atoms with E-state index in [4.69, 9.17) is 20.2 Å². The third kappa shape index (κ3) is 6.48. The zero-order valence-corrected chi connectivity index (χ0v) is 26.6. The number of nitrogens with one attached hydrogen (secondary N) is 2. The molecule has 11 nitrogen and oxygen atoms in total. The van der Waals surface area contributed by atoms with E-state index in [0.717, 1.165) is 78.4 Å². The first kappa shape index (κ1) is 31.3. The summed E-state index contributed by atoms with van der Waals surface area (Å²) < 4.78 is 24.6. The molecule has 0 bridgehead atoms. The lowest BCUT2D eigenvalue weighted by Gasteiger charge is -2.49. The average Bonchev–Trinajstić information content (AvgIpc) is 3.39. The van der Waals surface area contributed by atoms with Gasteiger partial charge < -0.3 is 20.5 Å². The van der Waals surface area contributed by atoms with Gasteiger partial charge in [-0.05, 0) is 69.9 Å². The second-order valence-corrected chi connectivity index (χ2v) is 12.9. The highest BCUT2D eigenvalue weighted by atomic mass is 19.1. The first-order chi connectivity index (χ1) is 22.0. The molecule has 4 aromatic rings. The molecule has 4 heterocycles. The van der Waals surface area contributed by atoms with E-state index in [-0.39, 0.29) is 30.3 Å². The number of methoxy groups -OCH3 is 1. The van der Waals surface area contributed by atoms with E-state index >= 15 is 0 Å². The molecule has 2 amide bonds. The van der Waals surface area contributed by atoms with Crippen molar-refractivity contribution in [3.05, 3.63) is 71.2 Å². The van der Waals surface area contributed by atoms with Crippen LogP contribution in [-0.4, -0.2) is 75.5 Å². The van der Waals surface area contributed by atoms with Crippen LogP contribution in [0.5, 0.6) is 5.75 Å². The predicted octanol–water partition coefficient (Wildman–Crippen LogP) is 5.43. The van der Waals surface area contributed by atoms with Gasteiger partial charge in [-0.1, -0.05) is 24.3 Å². The van der Waals surface area contributed by atoms with Crippen molar-refractivity contribution < 1.29 is 23.5 Å². The summed E-state index contributed by atoms with van der Waals surface area (Å²) in [5.74, 6) is -0.00893. The van der Waals surface area contributed by atoms with E-state index < -0.39 is 17.3 Å². The molecule has 2 saturated heterocycles. The lowest BCUT2D eigenvalue weighted by molar-refractivity contribution is -0.0595. The zero-order chi connectivity index (χ0) is 32.6. The number of ether oxygens (including phenoxy) is 2. The number of benzene rings is 2. The van der Waals surface area contributed by atoms with Crippen molar-refractivity contribution in [2.75, 3.05) is 32.5 Å². The van der Waals surface area contributed by atoms with Crippen molar-refractivity contribution in [1.82, 2.24) is 30.3 Å². The second kappa shape index (κ2) is 12.6. The first-order valence-electron chi connectivity index (χ1n) is 15.6. The largest absolute Gasteiger partial charge is 0.496 e. The van der Waals surface area contributed by atoms with Crippen molar-refractivity contribution >= 4 is 28.7 Å². The number of amides is 2. The maximum Gasteiger partial charge on any atom is 0.411 e. The molecule has 1 unspecified atom stereocenters. The van der Waals surface area contributed by atoms with E-state index in [1.165, 1.54) is 19.2 Å². The van der Waals surface area contributed by atoms with Crippen molar-refractivity contribution in [3.63, 3.8) is 0 Å². The summed E-state index contributed by atoms with van der Waals surface area (Å²) in [6, 6.07) is 13.6. The van der Waals surface area contributed by atoms with Crippen molar-refractivity contribution in [1.29, 1.82) is 0 Å². The summed E-state index contributed by atoms with van der Waals surface area (Å²) in [6.07, 6.45) is 2.60. The highest BCUT2D eigenvalue weighted by molar-refractivity contribution is 6.00. The number of anilines is 1. The minimum atomic E-state index is -0.516. The van der Waals surface area contributed by atoms with Crippen LogP contribution in [0.2, 0.25) is 0 Å². The number of carbonyl (C=O) groups excluding carboxylic acids is 2. The number of nitrogen functional groups attached to an aromatic ring is 1. The summed E-state index contributed by atoms with van der Waals surface area (Å²) >= 11 is 0. The predicted molar refractivity (Wildman–Crippen MR) is 173 cm³/mol. The van der Waals surface area contributed by atoms with Crippen LogP contribution in [0.3, 0.4) is 0 Å². The Labute approximate surface area is 267 Å². The topological polar surface area (TPSA) is 139 Å². The van der Waals surface area contributed by atoms with Gasteiger partial charge in [0.1, 0.15) is 17.2 Å². The Morgan fingerprint density at radius 3 is 2.46 bits per heavy atom. The van der Waals surface area contributed by atoms with Crippen molar-refractivity contribution in [2.24, 2.45) is 0 Å². The lowest BCUT2D eigenvalue weighted by atomic mass is 9.91. The molecule has 0 saturated carbocycles. The Bertz CT molecular complexity index is 1740. The second-order valence-electron chi connectivity index (χ2n) is 12.9. The average molecular weight is 630 g/mol. The summed E-state index contributed by atoms with van der Waals surface area (Å²) in [7, 11) is 1.44. The highest BCUT2D eigenvalue weighted by Gasteiger charge is 2.40. The monoisotopic (exact) mass is 629 g/mol. The number of nitrogens with two attached hydrogens (primary N) is 1.